The second kappa shape index (κ2) is 8.89. The molecule has 0 aliphatic heterocycles. The van der Waals surface area contributed by atoms with Crippen LogP contribution >= 0.6 is 11.8 Å². The maximum atomic E-state index is 12.1. The van der Waals surface area contributed by atoms with Crippen LogP contribution in [0, 0.1) is 13.8 Å². The molecule has 0 saturated heterocycles. The minimum absolute atomic E-state index is 0.0505. The molecule has 5 nitrogen and oxygen atoms in total. The molecule has 6 heteroatoms. The van der Waals surface area contributed by atoms with E-state index in [4.69, 9.17) is 4.52 Å². The van der Waals surface area contributed by atoms with Crippen molar-refractivity contribution in [2.75, 3.05) is 26.4 Å². The molecule has 1 aromatic heterocycles. The molecule has 0 fully saturated rings. The normalized spacial score (nSPS) is 12.4. The molecule has 0 spiro atoms. The van der Waals surface area contributed by atoms with Crippen molar-refractivity contribution in [1.29, 1.82) is 0 Å². The molecule has 0 aliphatic carbocycles. The smallest absolute Gasteiger partial charge is 0.230 e. The maximum absolute atomic E-state index is 12.1. The molecular formula is C18H25N3O2S. The Morgan fingerprint density at radius 1 is 1.29 bits per heavy atom. The molecule has 24 heavy (non-hydrogen) atoms. The lowest BCUT2D eigenvalue weighted by molar-refractivity contribution is -0.118. The van der Waals surface area contributed by atoms with Gasteiger partial charge >= 0.3 is 0 Å². The van der Waals surface area contributed by atoms with Gasteiger partial charge in [-0.05, 0) is 33.5 Å². The van der Waals surface area contributed by atoms with E-state index in [0.29, 0.717) is 12.3 Å². The summed E-state index contributed by atoms with van der Waals surface area (Å²) in [6.07, 6.45) is 0. The third-order valence-corrected chi connectivity index (χ3v) is 4.92. The molecule has 0 aliphatic rings. The molecule has 1 N–H and O–H groups in total. The third kappa shape index (κ3) is 5.11. The number of benzene rings is 1. The van der Waals surface area contributed by atoms with E-state index in [1.807, 2.05) is 46.1 Å². The van der Waals surface area contributed by atoms with E-state index < -0.39 is 0 Å². The Kier molecular flexibility index (Phi) is 6.87. The first-order valence-corrected chi connectivity index (χ1v) is 9.12. The first-order chi connectivity index (χ1) is 11.5. The van der Waals surface area contributed by atoms with Gasteiger partial charge in [0.25, 0.3) is 0 Å². The molecule has 0 radical (unpaired) electrons. The number of rotatable bonds is 8. The summed E-state index contributed by atoms with van der Waals surface area (Å²) in [4.78, 5) is 14.2. The number of aromatic nitrogens is 1. The SMILES string of the molecule is Cc1noc(C)c1CSCC(=O)NCC(c1ccccc1)N(C)C. The Balaban J connectivity index is 1.79. The van der Waals surface area contributed by atoms with E-state index in [1.165, 1.54) is 5.56 Å². The van der Waals surface area contributed by atoms with Gasteiger partial charge in [0.15, 0.2) is 0 Å². The quantitative estimate of drug-likeness (QED) is 0.796. The van der Waals surface area contributed by atoms with E-state index >= 15 is 0 Å². The average Bonchev–Trinajstić information content (AvgIpc) is 2.87. The number of hydrogen-bond acceptors (Lipinski definition) is 5. The molecule has 1 aromatic carbocycles. The lowest BCUT2D eigenvalue weighted by Gasteiger charge is -2.25. The minimum atomic E-state index is 0.0505. The Hall–Kier alpha value is -1.79. The van der Waals surface area contributed by atoms with E-state index in [9.17, 15) is 4.79 Å². The van der Waals surface area contributed by atoms with Crippen LogP contribution in [0.4, 0.5) is 0 Å². The fourth-order valence-electron chi connectivity index (χ4n) is 2.49. The van der Waals surface area contributed by atoms with Gasteiger partial charge < -0.3 is 14.7 Å². The number of hydrogen-bond donors (Lipinski definition) is 1. The van der Waals surface area contributed by atoms with Crippen LogP contribution < -0.4 is 5.32 Å². The van der Waals surface area contributed by atoms with Gasteiger partial charge in [0.2, 0.25) is 5.91 Å². The molecule has 0 bridgehead atoms. The van der Waals surface area contributed by atoms with Crippen molar-refractivity contribution >= 4 is 17.7 Å². The van der Waals surface area contributed by atoms with Gasteiger partial charge in [-0.1, -0.05) is 35.5 Å². The summed E-state index contributed by atoms with van der Waals surface area (Å²) >= 11 is 1.58. The number of aryl methyl sites for hydroxylation is 2. The fourth-order valence-corrected chi connectivity index (χ4v) is 3.49. The third-order valence-electron chi connectivity index (χ3n) is 3.96. The zero-order valence-electron chi connectivity index (χ0n) is 14.7. The van der Waals surface area contributed by atoms with Gasteiger partial charge in [-0.25, -0.2) is 0 Å². The summed E-state index contributed by atoms with van der Waals surface area (Å²) in [5.41, 5.74) is 3.19. The van der Waals surface area contributed by atoms with Crippen LogP contribution in [-0.2, 0) is 10.5 Å². The zero-order valence-corrected chi connectivity index (χ0v) is 15.5. The van der Waals surface area contributed by atoms with Crippen molar-refractivity contribution in [3.63, 3.8) is 0 Å². The Morgan fingerprint density at radius 3 is 2.58 bits per heavy atom. The highest BCUT2D eigenvalue weighted by atomic mass is 32.2. The molecule has 2 rings (SSSR count). The highest BCUT2D eigenvalue weighted by Gasteiger charge is 2.15. The van der Waals surface area contributed by atoms with Gasteiger partial charge in [0, 0.05) is 17.9 Å². The lowest BCUT2D eigenvalue weighted by Crippen LogP contribution is -2.35. The van der Waals surface area contributed by atoms with Gasteiger partial charge in [0.1, 0.15) is 5.76 Å². The molecule has 1 unspecified atom stereocenters. The van der Waals surface area contributed by atoms with Crippen molar-refractivity contribution in [3.05, 3.63) is 52.9 Å². The number of thioether (sulfide) groups is 1. The molecule has 2 aromatic rings. The molecule has 130 valence electrons. The van der Waals surface area contributed by atoms with E-state index in [0.717, 1.165) is 22.8 Å². The number of nitrogens with one attached hydrogen (secondary N) is 1. The average molecular weight is 347 g/mol. The van der Waals surface area contributed by atoms with Gasteiger partial charge in [-0.3, -0.25) is 4.79 Å². The highest BCUT2D eigenvalue weighted by Crippen LogP contribution is 2.20. The highest BCUT2D eigenvalue weighted by molar-refractivity contribution is 7.99. The molecule has 1 atom stereocenters. The van der Waals surface area contributed by atoms with Crippen LogP contribution in [-0.4, -0.2) is 42.4 Å². The largest absolute Gasteiger partial charge is 0.361 e. The van der Waals surface area contributed by atoms with Crippen LogP contribution in [0.15, 0.2) is 34.9 Å². The second-order valence-electron chi connectivity index (χ2n) is 5.99. The van der Waals surface area contributed by atoms with E-state index in [-0.39, 0.29) is 11.9 Å². The van der Waals surface area contributed by atoms with Crippen molar-refractivity contribution < 1.29 is 9.32 Å². The van der Waals surface area contributed by atoms with Gasteiger partial charge in [-0.15, -0.1) is 11.8 Å². The van der Waals surface area contributed by atoms with E-state index in [1.54, 1.807) is 11.8 Å². The van der Waals surface area contributed by atoms with Crippen molar-refractivity contribution in [1.82, 2.24) is 15.4 Å². The number of amides is 1. The summed E-state index contributed by atoms with van der Waals surface area (Å²) in [5.74, 6) is 2.05. The molecule has 0 saturated carbocycles. The fraction of sp³-hybridized carbons (Fsp3) is 0.444. The molecule has 1 heterocycles. The van der Waals surface area contributed by atoms with Crippen molar-refractivity contribution in [2.45, 2.75) is 25.6 Å². The number of nitrogens with zero attached hydrogens (tertiary/aromatic N) is 2. The summed E-state index contributed by atoms with van der Waals surface area (Å²) in [6.45, 7) is 4.42. The van der Waals surface area contributed by atoms with Crippen LogP contribution in [0.1, 0.15) is 28.6 Å². The van der Waals surface area contributed by atoms with Crippen molar-refractivity contribution in [2.24, 2.45) is 0 Å². The summed E-state index contributed by atoms with van der Waals surface area (Å²) < 4.78 is 5.14. The first kappa shape index (κ1) is 18.5. The summed E-state index contributed by atoms with van der Waals surface area (Å²) in [7, 11) is 4.05. The topological polar surface area (TPSA) is 58.4 Å². The molecule has 1 amide bonds. The standard InChI is InChI=1S/C18H25N3O2S/c1-13-16(14(2)23-20-13)11-24-12-18(22)19-10-17(21(3)4)15-8-6-5-7-9-15/h5-9,17H,10-12H2,1-4H3,(H,19,22). The number of likely N-dealkylation sites (N-methyl/N-ethyl adjacent to an activating group) is 1. The lowest BCUT2D eigenvalue weighted by atomic mass is 10.1. The second-order valence-corrected chi connectivity index (χ2v) is 6.98. The van der Waals surface area contributed by atoms with Crippen molar-refractivity contribution in [3.8, 4) is 0 Å². The summed E-state index contributed by atoms with van der Waals surface area (Å²) in [5, 5.41) is 6.96. The Bertz CT molecular complexity index is 636. The predicted molar refractivity (Wildman–Crippen MR) is 98.0 cm³/mol. The monoisotopic (exact) mass is 347 g/mol. The van der Waals surface area contributed by atoms with Gasteiger partial charge in [0.05, 0.1) is 17.5 Å². The predicted octanol–water partition coefficient (Wildman–Crippen LogP) is 2.94. The number of carbonyl (C=O) groups is 1. The Labute approximate surface area is 147 Å². The van der Waals surface area contributed by atoms with Crippen LogP contribution in [0.5, 0.6) is 0 Å². The number of carbonyl (C=O) groups excluding carboxylic acids is 1. The van der Waals surface area contributed by atoms with Crippen LogP contribution in [0.3, 0.4) is 0 Å². The van der Waals surface area contributed by atoms with Gasteiger partial charge in [-0.2, -0.15) is 0 Å². The zero-order chi connectivity index (χ0) is 17.5. The van der Waals surface area contributed by atoms with Crippen LogP contribution in [0.2, 0.25) is 0 Å². The molecular weight excluding hydrogens is 322 g/mol. The first-order valence-electron chi connectivity index (χ1n) is 7.96. The maximum Gasteiger partial charge on any atom is 0.230 e. The minimum Gasteiger partial charge on any atom is -0.361 e. The van der Waals surface area contributed by atoms with E-state index in [2.05, 4.69) is 27.5 Å². The summed E-state index contributed by atoms with van der Waals surface area (Å²) in [6, 6.07) is 10.4. The van der Waals surface area contributed by atoms with Crippen LogP contribution in [0.25, 0.3) is 0 Å². The Morgan fingerprint density at radius 2 is 2.00 bits per heavy atom.